The van der Waals surface area contributed by atoms with Crippen LogP contribution < -0.4 is 15.2 Å². The molecule has 1 fully saturated rings. The van der Waals surface area contributed by atoms with Gasteiger partial charge in [-0.15, -0.1) is 0 Å². The topological polar surface area (TPSA) is 67.2 Å². The molecule has 1 amide bonds. The van der Waals surface area contributed by atoms with Crippen LogP contribution in [-0.4, -0.2) is 72.4 Å². The van der Waals surface area contributed by atoms with Crippen LogP contribution in [0.5, 0.6) is 5.75 Å². The van der Waals surface area contributed by atoms with Crippen LogP contribution in [-0.2, 0) is 11.5 Å². The van der Waals surface area contributed by atoms with Crippen LogP contribution in [0.15, 0.2) is 53.3 Å². The third-order valence-electron chi connectivity index (χ3n) is 9.01. The maximum atomic E-state index is 12.9. The molecule has 0 spiro atoms. The number of aromatic nitrogens is 1. The zero-order chi connectivity index (χ0) is 31.4. The summed E-state index contributed by atoms with van der Waals surface area (Å²) >= 11 is 12.6. The van der Waals surface area contributed by atoms with Gasteiger partial charge in [-0.2, -0.15) is 0 Å². The van der Waals surface area contributed by atoms with Gasteiger partial charge in [0, 0.05) is 50.9 Å². The zero-order valence-electron chi connectivity index (χ0n) is 26.2. The summed E-state index contributed by atoms with van der Waals surface area (Å²) in [6.45, 7) is 15.4. The fourth-order valence-corrected chi connectivity index (χ4v) is 5.43. The predicted molar refractivity (Wildman–Crippen MR) is 176 cm³/mol. The second-order valence-electron chi connectivity index (χ2n) is 12.7. The minimum Gasteiger partial charge on any atom is -0.494 e. The van der Waals surface area contributed by atoms with Crippen molar-refractivity contribution < 1.29 is 14.3 Å². The molecule has 0 atom stereocenters. The van der Waals surface area contributed by atoms with Crippen molar-refractivity contribution in [2.24, 2.45) is 5.41 Å². The maximum Gasteiger partial charge on any atom is 0.411 e. The van der Waals surface area contributed by atoms with Crippen molar-refractivity contribution in [3.63, 3.8) is 0 Å². The molecule has 8 nitrogen and oxygen atoms in total. The first kappa shape index (κ1) is 33.0. The number of carbonyl (C=O) groups is 1. The highest BCUT2D eigenvalue weighted by Crippen LogP contribution is 2.35. The molecule has 1 saturated heterocycles. The molecule has 0 radical (unpaired) electrons. The first-order chi connectivity index (χ1) is 20.3. The molecular formula is C33H44Cl2N4O4. The highest BCUT2D eigenvalue weighted by atomic mass is 35.5. The standard InChI is InChI=1S/C33H44Cl2N4O4/c1-32(2,3)33(4,5)36(6)31(41)43-23-39-28-22-25(14-12-24(28)13-15-29(39)40)42-21-8-7-16-37-17-19-38(20-18-37)27-11-9-10-26(34)30(27)35/h9-15,22H,7-8,16-21,23H2,1-6H3. The van der Waals surface area contributed by atoms with Crippen LogP contribution in [0.25, 0.3) is 10.9 Å². The van der Waals surface area contributed by atoms with Crippen LogP contribution >= 0.6 is 23.2 Å². The summed E-state index contributed by atoms with van der Waals surface area (Å²) in [7, 11) is 1.72. The van der Waals surface area contributed by atoms with Crippen LogP contribution in [0.3, 0.4) is 0 Å². The van der Waals surface area contributed by atoms with Crippen LogP contribution in [0, 0.1) is 5.41 Å². The number of rotatable bonds is 10. The molecule has 10 heteroatoms. The van der Waals surface area contributed by atoms with E-state index in [0.29, 0.717) is 27.9 Å². The predicted octanol–water partition coefficient (Wildman–Crippen LogP) is 7.14. The summed E-state index contributed by atoms with van der Waals surface area (Å²) in [5, 5.41) is 2.07. The second kappa shape index (κ2) is 13.8. The van der Waals surface area contributed by atoms with Gasteiger partial charge in [-0.1, -0.05) is 50.0 Å². The molecule has 234 valence electrons. The van der Waals surface area contributed by atoms with Gasteiger partial charge >= 0.3 is 6.09 Å². The average Bonchev–Trinajstić information content (AvgIpc) is 2.97. The molecule has 43 heavy (non-hydrogen) atoms. The molecule has 0 bridgehead atoms. The highest BCUT2D eigenvalue weighted by Gasteiger charge is 2.39. The van der Waals surface area contributed by atoms with Gasteiger partial charge in [0.2, 0.25) is 0 Å². The lowest BCUT2D eigenvalue weighted by Gasteiger charge is -2.45. The van der Waals surface area contributed by atoms with E-state index in [1.54, 1.807) is 18.0 Å². The summed E-state index contributed by atoms with van der Waals surface area (Å²) in [4.78, 5) is 32.0. The first-order valence-corrected chi connectivity index (χ1v) is 15.6. The van der Waals surface area contributed by atoms with E-state index in [2.05, 4.69) is 30.6 Å². The van der Waals surface area contributed by atoms with E-state index in [9.17, 15) is 9.59 Å². The Balaban J connectivity index is 1.27. The van der Waals surface area contributed by atoms with E-state index in [1.165, 1.54) is 10.6 Å². The smallest absolute Gasteiger partial charge is 0.411 e. The Morgan fingerprint density at radius 2 is 1.65 bits per heavy atom. The fraction of sp³-hybridized carbons (Fsp3) is 0.515. The Morgan fingerprint density at radius 1 is 0.953 bits per heavy atom. The van der Waals surface area contributed by atoms with Gasteiger partial charge in [0.05, 0.1) is 27.9 Å². The summed E-state index contributed by atoms with van der Waals surface area (Å²) in [5.74, 6) is 0.677. The summed E-state index contributed by atoms with van der Waals surface area (Å²) in [5.41, 5.74) is 0.804. The van der Waals surface area contributed by atoms with Gasteiger partial charge in [-0.05, 0) is 74.4 Å². The van der Waals surface area contributed by atoms with Gasteiger partial charge in [0.25, 0.3) is 5.56 Å². The quantitative estimate of drug-likeness (QED) is 0.222. The highest BCUT2D eigenvalue weighted by molar-refractivity contribution is 6.43. The average molecular weight is 632 g/mol. The lowest BCUT2D eigenvalue weighted by Crippen LogP contribution is -2.53. The summed E-state index contributed by atoms with van der Waals surface area (Å²) in [6.07, 6.45) is 1.45. The molecule has 0 N–H and O–H groups in total. The number of hydrogen-bond acceptors (Lipinski definition) is 6. The van der Waals surface area contributed by atoms with Gasteiger partial charge < -0.3 is 19.3 Å². The number of ether oxygens (including phenoxy) is 2. The second-order valence-corrected chi connectivity index (χ2v) is 13.5. The molecule has 0 aliphatic carbocycles. The monoisotopic (exact) mass is 630 g/mol. The number of amides is 1. The molecule has 2 heterocycles. The Morgan fingerprint density at radius 3 is 2.35 bits per heavy atom. The van der Waals surface area contributed by atoms with Crippen LogP contribution in [0.1, 0.15) is 47.5 Å². The molecule has 1 aliphatic heterocycles. The van der Waals surface area contributed by atoms with Crippen molar-refractivity contribution in [1.29, 1.82) is 0 Å². The number of anilines is 1. The van der Waals surface area contributed by atoms with E-state index in [1.807, 2.05) is 50.2 Å². The molecule has 1 aliphatic rings. The summed E-state index contributed by atoms with van der Waals surface area (Å²) < 4.78 is 13.1. The number of halogens is 2. The number of pyridine rings is 1. The molecule has 1 aromatic heterocycles. The minimum atomic E-state index is -0.481. The lowest BCUT2D eigenvalue weighted by atomic mass is 9.75. The van der Waals surface area contributed by atoms with Crippen molar-refractivity contribution in [2.45, 2.75) is 59.7 Å². The minimum absolute atomic E-state index is 0.162. The number of benzene rings is 2. The van der Waals surface area contributed by atoms with E-state index in [-0.39, 0.29) is 17.7 Å². The van der Waals surface area contributed by atoms with Gasteiger partial charge in [0.1, 0.15) is 5.75 Å². The molecule has 0 unspecified atom stereocenters. The van der Waals surface area contributed by atoms with E-state index >= 15 is 0 Å². The molecule has 4 rings (SSSR count). The molecular weight excluding hydrogens is 587 g/mol. The van der Waals surface area contributed by atoms with Crippen molar-refractivity contribution >= 4 is 45.9 Å². The number of piperazine rings is 1. The van der Waals surface area contributed by atoms with Crippen molar-refractivity contribution in [3.05, 3.63) is 68.9 Å². The Bertz CT molecular complexity index is 1480. The lowest BCUT2D eigenvalue weighted by molar-refractivity contribution is 0.0148. The number of carbonyl (C=O) groups excluding carboxylic acids is 1. The summed E-state index contributed by atoms with van der Waals surface area (Å²) in [6, 6.07) is 14.7. The first-order valence-electron chi connectivity index (χ1n) is 14.9. The Labute approximate surface area is 265 Å². The van der Waals surface area contributed by atoms with Crippen molar-refractivity contribution in [3.8, 4) is 5.75 Å². The van der Waals surface area contributed by atoms with Crippen LogP contribution in [0.2, 0.25) is 10.0 Å². The van der Waals surface area contributed by atoms with E-state index in [0.717, 1.165) is 56.6 Å². The Hall–Kier alpha value is -2.94. The fourth-order valence-electron chi connectivity index (χ4n) is 5.02. The van der Waals surface area contributed by atoms with Crippen LogP contribution in [0.4, 0.5) is 10.5 Å². The SMILES string of the molecule is CN(C(=O)OCn1c(=O)ccc2ccc(OCCCCN3CCN(c4cccc(Cl)c4Cl)CC3)cc21)C(C)(C)C(C)(C)C. The van der Waals surface area contributed by atoms with E-state index in [4.69, 9.17) is 32.7 Å². The third kappa shape index (κ3) is 7.78. The number of unbranched alkanes of at least 4 members (excludes halogenated alkanes) is 1. The van der Waals surface area contributed by atoms with Gasteiger partial charge in [0.15, 0.2) is 6.73 Å². The van der Waals surface area contributed by atoms with Crippen molar-refractivity contribution in [1.82, 2.24) is 14.4 Å². The third-order valence-corrected chi connectivity index (χ3v) is 9.82. The molecule has 0 saturated carbocycles. The number of fused-ring (bicyclic) bond motifs is 1. The van der Waals surface area contributed by atoms with Gasteiger partial charge in [-0.25, -0.2) is 4.79 Å². The van der Waals surface area contributed by atoms with E-state index < -0.39 is 11.6 Å². The molecule has 2 aromatic carbocycles. The largest absolute Gasteiger partial charge is 0.494 e. The number of nitrogens with zero attached hydrogens (tertiary/aromatic N) is 4. The maximum absolute atomic E-state index is 12.9. The number of hydrogen-bond donors (Lipinski definition) is 0. The normalized spacial score (nSPS) is 14.7. The Kier molecular flexibility index (Phi) is 10.6. The van der Waals surface area contributed by atoms with Crippen molar-refractivity contribution in [2.75, 3.05) is 51.3 Å². The zero-order valence-corrected chi connectivity index (χ0v) is 27.7. The van der Waals surface area contributed by atoms with Gasteiger partial charge in [-0.3, -0.25) is 14.3 Å². The molecule has 3 aromatic rings.